The van der Waals surface area contributed by atoms with Crippen molar-refractivity contribution >= 4 is 28.2 Å². The number of hydrogen-bond donors (Lipinski definition) is 2. The number of aryl methyl sites for hydroxylation is 1. The van der Waals surface area contributed by atoms with Crippen LogP contribution in [0.25, 0.3) is 11.3 Å². The van der Waals surface area contributed by atoms with Gasteiger partial charge < -0.3 is 24.1 Å². The van der Waals surface area contributed by atoms with Crippen LogP contribution >= 0.6 is 11.3 Å². The molecule has 0 bridgehead atoms. The molecular weight excluding hydrogens is 380 g/mol. The van der Waals surface area contributed by atoms with E-state index in [0.29, 0.717) is 28.4 Å². The summed E-state index contributed by atoms with van der Waals surface area (Å²) in [6.07, 6.45) is 0.245. The van der Waals surface area contributed by atoms with Crippen LogP contribution in [0.5, 0.6) is 0 Å². The number of amides is 1. The zero-order valence-corrected chi connectivity index (χ0v) is 17.5. The Kier molecular flexibility index (Phi) is 6.53. The van der Waals surface area contributed by atoms with Crippen molar-refractivity contribution in [1.82, 2.24) is 0 Å². The lowest BCUT2D eigenvalue weighted by Gasteiger charge is -2.31. The van der Waals surface area contributed by atoms with Crippen LogP contribution in [0.4, 0.5) is 5.00 Å². The van der Waals surface area contributed by atoms with E-state index in [0.717, 1.165) is 18.8 Å². The number of hydrogen-bond acceptors (Lipinski definition) is 6. The molecule has 1 fully saturated rings. The molecule has 0 aliphatic carbocycles. The molecule has 1 aliphatic heterocycles. The van der Waals surface area contributed by atoms with Crippen LogP contribution in [0.3, 0.4) is 0 Å². The molecule has 1 amide bonds. The summed E-state index contributed by atoms with van der Waals surface area (Å²) in [5.41, 5.74) is 0.973. The number of ether oxygens (including phenoxy) is 2. The number of thiophene rings is 1. The largest absolute Gasteiger partial charge is 0.462 e. The van der Waals surface area contributed by atoms with Crippen molar-refractivity contribution in [2.75, 3.05) is 31.6 Å². The molecule has 0 aromatic carbocycles. The van der Waals surface area contributed by atoms with Gasteiger partial charge in [-0.1, -0.05) is 0 Å². The van der Waals surface area contributed by atoms with E-state index in [9.17, 15) is 9.59 Å². The molecule has 2 aromatic rings. The van der Waals surface area contributed by atoms with E-state index in [1.54, 1.807) is 6.92 Å². The van der Waals surface area contributed by atoms with E-state index in [1.807, 2.05) is 38.3 Å². The molecular formula is C20H27N2O5S+. The summed E-state index contributed by atoms with van der Waals surface area (Å²) < 4.78 is 16.6. The van der Waals surface area contributed by atoms with Gasteiger partial charge in [-0.15, -0.1) is 11.3 Å². The Bertz CT molecular complexity index is 834. The van der Waals surface area contributed by atoms with Crippen LogP contribution in [0.1, 0.15) is 36.9 Å². The minimum atomic E-state index is -0.468. The van der Waals surface area contributed by atoms with Crippen LogP contribution in [-0.2, 0) is 14.3 Å². The zero-order chi connectivity index (χ0) is 20.3. The monoisotopic (exact) mass is 407 g/mol. The molecule has 0 spiro atoms. The molecule has 1 aliphatic rings. The lowest BCUT2D eigenvalue weighted by atomic mass is 10.1. The standard InChI is InChI=1S/C20H26N2O5S/c1-5-25-20(24)18-15(16-7-6-12(2)27-16)11-28-19(18)21-17(23)10-22-8-13(3)26-14(4)9-22/h6-7,11,13-14H,5,8-10H2,1-4H3,(H,21,23)/p+1/t13-,14-/m0/s1. The zero-order valence-electron chi connectivity index (χ0n) is 16.7. The highest BCUT2D eigenvalue weighted by molar-refractivity contribution is 7.15. The molecule has 7 nitrogen and oxygen atoms in total. The van der Waals surface area contributed by atoms with E-state index >= 15 is 0 Å². The van der Waals surface area contributed by atoms with Gasteiger partial charge in [-0.2, -0.15) is 0 Å². The Balaban J connectivity index is 1.78. The molecule has 3 heterocycles. The minimum absolute atomic E-state index is 0.122. The van der Waals surface area contributed by atoms with Gasteiger partial charge in [0.05, 0.1) is 6.61 Å². The number of carbonyl (C=O) groups is 2. The molecule has 2 aromatic heterocycles. The van der Waals surface area contributed by atoms with E-state index in [-0.39, 0.29) is 24.7 Å². The normalized spacial score (nSPS) is 22.1. The molecule has 8 heteroatoms. The molecule has 28 heavy (non-hydrogen) atoms. The Morgan fingerprint density at radius 3 is 2.61 bits per heavy atom. The number of morpholine rings is 1. The first-order valence-corrected chi connectivity index (χ1v) is 10.4. The van der Waals surface area contributed by atoms with E-state index in [4.69, 9.17) is 13.9 Å². The minimum Gasteiger partial charge on any atom is -0.462 e. The third kappa shape index (κ3) is 4.81. The predicted molar refractivity (Wildman–Crippen MR) is 107 cm³/mol. The highest BCUT2D eigenvalue weighted by Gasteiger charge is 2.29. The third-order valence-electron chi connectivity index (χ3n) is 4.56. The predicted octanol–water partition coefficient (Wildman–Crippen LogP) is 2.12. The van der Waals surface area contributed by atoms with Crippen molar-refractivity contribution in [1.29, 1.82) is 0 Å². The summed E-state index contributed by atoms with van der Waals surface area (Å²) in [6.45, 7) is 9.78. The summed E-state index contributed by atoms with van der Waals surface area (Å²) >= 11 is 1.30. The lowest BCUT2D eigenvalue weighted by molar-refractivity contribution is -0.907. The summed E-state index contributed by atoms with van der Waals surface area (Å²) in [5.74, 6) is 0.731. The fourth-order valence-corrected chi connectivity index (χ4v) is 4.50. The van der Waals surface area contributed by atoms with Crippen molar-refractivity contribution in [3.63, 3.8) is 0 Å². The second-order valence-electron chi connectivity index (χ2n) is 7.12. The van der Waals surface area contributed by atoms with Crippen LogP contribution in [-0.4, -0.2) is 50.3 Å². The summed E-state index contributed by atoms with van der Waals surface area (Å²) in [7, 11) is 0. The summed E-state index contributed by atoms with van der Waals surface area (Å²) in [5, 5.41) is 5.20. The van der Waals surface area contributed by atoms with Crippen LogP contribution in [0.15, 0.2) is 21.9 Å². The van der Waals surface area contributed by atoms with Gasteiger partial charge in [-0.25, -0.2) is 4.79 Å². The van der Waals surface area contributed by atoms with Gasteiger partial charge in [-0.05, 0) is 39.8 Å². The van der Waals surface area contributed by atoms with Gasteiger partial charge in [0.25, 0.3) is 5.91 Å². The second-order valence-corrected chi connectivity index (χ2v) is 8.00. The highest BCUT2D eigenvalue weighted by Crippen LogP contribution is 2.37. The van der Waals surface area contributed by atoms with Gasteiger partial charge >= 0.3 is 5.97 Å². The number of nitrogens with one attached hydrogen (secondary N) is 2. The smallest absolute Gasteiger partial charge is 0.341 e. The molecule has 3 rings (SSSR count). The fourth-order valence-electron chi connectivity index (χ4n) is 3.55. The molecule has 0 unspecified atom stereocenters. The van der Waals surface area contributed by atoms with Crippen molar-refractivity contribution in [3.05, 3.63) is 28.8 Å². The average Bonchev–Trinajstić information content (AvgIpc) is 3.20. The fraction of sp³-hybridized carbons (Fsp3) is 0.500. The van der Waals surface area contributed by atoms with Gasteiger partial charge in [0.15, 0.2) is 6.54 Å². The Hall–Kier alpha value is -2.16. The summed E-state index contributed by atoms with van der Waals surface area (Å²) in [4.78, 5) is 26.4. The van der Waals surface area contributed by atoms with Crippen molar-refractivity contribution < 1.29 is 28.4 Å². The molecule has 0 saturated carbocycles. The van der Waals surface area contributed by atoms with Crippen LogP contribution in [0.2, 0.25) is 0 Å². The molecule has 2 N–H and O–H groups in total. The van der Waals surface area contributed by atoms with Crippen LogP contribution in [0, 0.1) is 6.92 Å². The van der Waals surface area contributed by atoms with E-state index in [1.165, 1.54) is 16.2 Å². The average molecular weight is 408 g/mol. The molecule has 152 valence electrons. The quantitative estimate of drug-likeness (QED) is 0.717. The maximum Gasteiger partial charge on any atom is 0.341 e. The van der Waals surface area contributed by atoms with Crippen molar-refractivity contribution in [2.24, 2.45) is 0 Å². The van der Waals surface area contributed by atoms with Crippen LogP contribution < -0.4 is 10.2 Å². The molecule has 0 radical (unpaired) electrons. The number of esters is 1. The van der Waals surface area contributed by atoms with Crippen molar-refractivity contribution in [2.45, 2.75) is 39.9 Å². The van der Waals surface area contributed by atoms with Crippen molar-refractivity contribution in [3.8, 4) is 11.3 Å². The number of rotatable bonds is 6. The number of anilines is 1. The first kappa shape index (κ1) is 20.6. The first-order chi connectivity index (χ1) is 13.4. The van der Waals surface area contributed by atoms with Gasteiger partial charge in [0, 0.05) is 10.9 Å². The molecule has 2 atom stereocenters. The maximum absolute atomic E-state index is 12.6. The highest BCUT2D eigenvalue weighted by atomic mass is 32.1. The van der Waals surface area contributed by atoms with E-state index < -0.39 is 5.97 Å². The van der Waals surface area contributed by atoms with Gasteiger partial charge in [0.2, 0.25) is 0 Å². The Morgan fingerprint density at radius 2 is 2.00 bits per heavy atom. The number of quaternary nitrogens is 1. The topological polar surface area (TPSA) is 82.2 Å². The SMILES string of the molecule is CCOC(=O)c1c(-c2ccc(C)o2)csc1NC(=O)C[NH+]1C[C@H](C)O[C@@H](C)C1. The Labute approximate surface area is 168 Å². The number of furan rings is 1. The third-order valence-corrected chi connectivity index (χ3v) is 5.45. The lowest BCUT2D eigenvalue weighted by Crippen LogP contribution is -3.16. The Morgan fingerprint density at radius 1 is 1.29 bits per heavy atom. The van der Waals surface area contributed by atoms with Gasteiger partial charge in [0.1, 0.15) is 47.4 Å². The maximum atomic E-state index is 12.6. The van der Waals surface area contributed by atoms with Gasteiger partial charge in [-0.3, -0.25) is 4.79 Å². The number of carbonyl (C=O) groups excluding carboxylic acids is 2. The summed E-state index contributed by atoms with van der Waals surface area (Å²) in [6, 6.07) is 3.65. The second kappa shape index (κ2) is 8.89. The molecule has 1 saturated heterocycles. The van der Waals surface area contributed by atoms with E-state index in [2.05, 4.69) is 5.32 Å². The first-order valence-electron chi connectivity index (χ1n) is 9.51.